The summed E-state index contributed by atoms with van der Waals surface area (Å²) < 4.78 is 0. The Labute approximate surface area is 109 Å². The molecule has 3 nitrogen and oxygen atoms in total. The van der Waals surface area contributed by atoms with Gasteiger partial charge in [-0.3, -0.25) is 4.79 Å². The van der Waals surface area contributed by atoms with Crippen molar-refractivity contribution in [1.29, 1.82) is 0 Å². The average Bonchev–Trinajstić information content (AvgIpc) is 2.43. The largest absolute Gasteiger partial charge is 0.385 e. The molecule has 1 heterocycles. The fourth-order valence-corrected chi connectivity index (χ4v) is 2.13. The number of nitrogens with one attached hydrogen (secondary N) is 2. The molecule has 0 saturated heterocycles. The molecule has 1 atom stereocenters. The number of benzene rings is 1. The Balaban J connectivity index is 2.02. The fourth-order valence-electron chi connectivity index (χ4n) is 2.13. The van der Waals surface area contributed by atoms with Crippen LogP contribution in [-0.4, -0.2) is 19.0 Å². The molecule has 0 aliphatic carbocycles. The van der Waals surface area contributed by atoms with Crippen LogP contribution in [0.15, 0.2) is 18.2 Å². The van der Waals surface area contributed by atoms with Gasteiger partial charge in [0.1, 0.15) is 0 Å². The van der Waals surface area contributed by atoms with Crippen LogP contribution >= 0.6 is 0 Å². The standard InChI is InChI=1S/C15H22N2O/c1-3-11(2)10-17-15(18)13-6-7-14-12(9-13)5-4-8-16-14/h6-7,9,11,16H,3-5,8,10H2,1-2H3,(H,17,18). The van der Waals surface area contributed by atoms with Crippen molar-refractivity contribution in [3.63, 3.8) is 0 Å². The summed E-state index contributed by atoms with van der Waals surface area (Å²) in [5, 5.41) is 6.35. The maximum absolute atomic E-state index is 12.0. The second kappa shape index (κ2) is 5.89. The van der Waals surface area contributed by atoms with Gasteiger partial charge in [0.25, 0.3) is 5.91 Å². The number of carbonyl (C=O) groups excluding carboxylic acids is 1. The van der Waals surface area contributed by atoms with E-state index in [-0.39, 0.29) is 5.91 Å². The predicted molar refractivity (Wildman–Crippen MR) is 75.0 cm³/mol. The van der Waals surface area contributed by atoms with Gasteiger partial charge in [-0.05, 0) is 42.5 Å². The number of anilines is 1. The summed E-state index contributed by atoms with van der Waals surface area (Å²) in [6, 6.07) is 5.95. The van der Waals surface area contributed by atoms with Gasteiger partial charge in [0.2, 0.25) is 0 Å². The normalized spacial score (nSPS) is 15.4. The zero-order valence-corrected chi connectivity index (χ0v) is 11.3. The van der Waals surface area contributed by atoms with Crippen molar-refractivity contribution in [2.45, 2.75) is 33.1 Å². The lowest BCUT2D eigenvalue weighted by atomic mass is 10.0. The summed E-state index contributed by atoms with van der Waals surface area (Å²) >= 11 is 0. The van der Waals surface area contributed by atoms with Crippen molar-refractivity contribution >= 4 is 11.6 Å². The number of hydrogen-bond acceptors (Lipinski definition) is 2. The minimum atomic E-state index is 0.0451. The SMILES string of the molecule is CCC(C)CNC(=O)c1ccc2c(c1)CCCN2. The van der Waals surface area contributed by atoms with Crippen molar-refractivity contribution in [2.75, 3.05) is 18.4 Å². The number of fused-ring (bicyclic) bond motifs is 1. The molecule has 0 saturated carbocycles. The van der Waals surface area contributed by atoms with E-state index in [4.69, 9.17) is 0 Å². The fraction of sp³-hybridized carbons (Fsp3) is 0.533. The molecule has 1 amide bonds. The molecule has 1 aliphatic rings. The molecule has 0 aromatic heterocycles. The first-order valence-electron chi connectivity index (χ1n) is 6.85. The first-order chi connectivity index (χ1) is 8.70. The molecule has 0 spiro atoms. The third-order valence-electron chi connectivity index (χ3n) is 3.61. The quantitative estimate of drug-likeness (QED) is 0.857. The van der Waals surface area contributed by atoms with E-state index in [9.17, 15) is 4.79 Å². The van der Waals surface area contributed by atoms with Crippen LogP contribution in [0.1, 0.15) is 42.6 Å². The molecular weight excluding hydrogens is 224 g/mol. The molecule has 0 bridgehead atoms. The predicted octanol–water partition coefficient (Wildman–Crippen LogP) is 2.82. The number of hydrogen-bond donors (Lipinski definition) is 2. The average molecular weight is 246 g/mol. The van der Waals surface area contributed by atoms with E-state index in [0.717, 1.165) is 37.9 Å². The molecule has 1 aromatic rings. The maximum Gasteiger partial charge on any atom is 0.251 e. The van der Waals surface area contributed by atoms with Crippen LogP contribution in [0.5, 0.6) is 0 Å². The Hall–Kier alpha value is -1.51. The van der Waals surface area contributed by atoms with Crippen molar-refractivity contribution in [1.82, 2.24) is 5.32 Å². The van der Waals surface area contributed by atoms with Crippen LogP contribution in [-0.2, 0) is 6.42 Å². The van der Waals surface area contributed by atoms with Gasteiger partial charge >= 0.3 is 0 Å². The van der Waals surface area contributed by atoms with Crippen LogP contribution in [0.25, 0.3) is 0 Å². The second-order valence-corrected chi connectivity index (χ2v) is 5.13. The lowest BCUT2D eigenvalue weighted by Gasteiger charge is -2.18. The van der Waals surface area contributed by atoms with E-state index in [1.807, 2.05) is 18.2 Å². The number of carbonyl (C=O) groups is 1. The number of aryl methyl sites for hydroxylation is 1. The van der Waals surface area contributed by atoms with E-state index < -0.39 is 0 Å². The van der Waals surface area contributed by atoms with Crippen LogP contribution in [0, 0.1) is 5.92 Å². The smallest absolute Gasteiger partial charge is 0.251 e. The molecule has 98 valence electrons. The van der Waals surface area contributed by atoms with Gasteiger partial charge in [0.05, 0.1) is 0 Å². The monoisotopic (exact) mass is 246 g/mol. The minimum absolute atomic E-state index is 0.0451. The molecule has 0 fully saturated rings. The van der Waals surface area contributed by atoms with Crippen LogP contribution in [0.2, 0.25) is 0 Å². The van der Waals surface area contributed by atoms with Gasteiger partial charge in [-0.25, -0.2) is 0 Å². The highest BCUT2D eigenvalue weighted by Crippen LogP contribution is 2.22. The van der Waals surface area contributed by atoms with E-state index in [2.05, 4.69) is 24.5 Å². The highest BCUT2D eigenvalue weighted by Gasteiger charge is 2.12. The van der Waals surface area contributed by atoms with E-state index in [1.165, 1.54) is 11.3 Å². The molecular formula is C15H22N2O. The summed E-state index contributed by atoms with van der Waals surface area (Å²) in [6.45, 7) is 6.08. The summed E-state index contributed by atoms with van der Waals surface area (Å²) in [7, 11) is 0. The first kappa shape index (κ1) is 12.9. The van der Waals surface area contributed by atoms with Crippen molar-refractivity contribution in [3.8, 4) is 0 Å². The topological polar surface area (TPSA) is 41.1 Å². The van der Waals surface area contributed by atoms with Gasteiger partial charge in [-0.1, -0.05) is 20.3 Å². The van der Waals surface area contributed by atoms with Crippen molar-refractivity contribution in [2.24, 2.45) is 5.92 Å². The van der Waals surface area contributed by atoms with Gasteiger partial charge in [-0.15, -0.1) is 0 Å². The third kappa shape index (κ3) is 3.03. The first-order valence-corrected chi connectivity index (χ1v) is 6.85. The second-order valence-electron chi connectivity index (χ2n) is 5.13. The lowest BCUT2D eigenvalue weighted by molar-refractivity contribution is 0.0948. The summed E-state index contributed by atoms with van der Waals surface area (Å²) in [5.41, 5.74) is 3.22. The molecule has 1 unspecified atom stereocenters. The van der Waals surface area contributed by atoms with Crippen molar-refractivity contribution < 1.29 is 4.79 Å². The Morgan fingerprint density at radius 2 is 2.33 bits per heavy atom. The van der Waals surface area contributed by atoms with Gasteiger partial charge < -0.3 is 10.6 Å². The molecule has 1 aliphatic heterocycles. The number of amides is 1. The summed E-state index contributed by atoms with van der Waals surface area (Å²) in [6.07, 6.45) is 3.30. The molecule has 18 heavy (non-hydrogen) atoms. The molecule has 1 aromatic carbocycles. The molecule has 2 N–H and O–H groups in total. The zero-order valence-electron chi connectivity index (χ0n) is 11.3. The molecule has 3 heteroatoms. The lowest BCUT2D eigenvalue weighted by Crippen LogP contribution is -2.28. The highest BCUT2D eigenvalue weighted by molar-refractivity contribution is 5.94. The maximum atomic E-state index is 12.0. The van der Waals surface area contributed by atoms with Crippen molar-refractivity contribution in [3.05, 3.63) is 29.3 Å². The van der Waals surface area contributed by atoms with Gasteiger partial charge in [-0.2, -0.15) is 0 Å². The van der Waals surface area contributed by atoms with Crippen LogP contribution in [0.4, 0.5) is 5.69 Å². The summed E-state index contributed by atoms with van der Waals surface area (Å²) in [4.78, 5) is 12.0. The van der Waals surface area contributed by atoms with E-state index in [1.54, 1.807) is 0 Å². The number of rotatable bonds is 4. The Bertz CT molecular complexity index is 429. The van der Waals surface area contributed by atoms with E-state index >= 15 is 0 Å². The van der Waals surface area contributed by atoms with Crippen LogP contribution in [0.3, 0.4) is 0 Å². The zero-order chi connectivity index (χ0) is 13.0. The highest BCUT2D eigenvalue weighted by atomic mass is 16.1. The minimum Gasteiger partial charge on any atom is -0.385 e. The molecule has 0 radical (unpaired) electrons. The Morgan fingerprint density at radius 3 is 3.11 bits per heavy atom. The van der Waals surface area contributed by atoms with E-state index in [0.29, 0.717) is 5.92 Å². The Morgan fingerprint density at radius 1 is 1.50 bits per heavy atom. The summed E-state index contributed by atoms with van der Waals surface area (Å²) in [5.74, 6) is 0.580. The van der Waals surface area contributed by atoms with Gasteiger partial charge in [0, 0.05) is 24.3 Å². The van der Waals surface area contributed by atoms with Gasteiger partial charge in [0.15, 0.2) is 0 Å². The van der Waals surface area contributed by atoms with Crippen LogP contribution < -0.4 is 10.6 Å². The molecule has 2 rings (SSSR count). The third-order valence-corrected chi connectivity index (χ3v) is 3.61. The Kier molecular flexibility index (Phi) is 4.24.